The predicted molar refractivity (Wildman–Crippen MR) is 107 cm³/mol. The molecule has 1 amide bonds. The topological polar surface area (TPSA) is 86.2 Å². The SMILES string of the molecule is COc1ccc(C(=O)N2CCC(Oc3cncc(N(C)C)n3)C2)c(OC)c1OC. The Labute approximate surface area is 170 Å². The minimum atomic E-state index is -0.156. The van der Waals surface area contributed by atoms with Crippen molar-refractivity contribution in [1.29, 1.82) is 0 Å². The molecule has 1 aromatic carbocycles. The molecular formula is C20H26N4O5. The second kappa shape index (κ2) is 8.85. The zero-order valence-electron chi connectivity index (χ0n) is 17.3. The standard InChI is InChI=1S/C20H26N4O5/c1-23(2)16-10-21-11-17(22-16)29-13-8-9-24(12-13)20(25)14-6-7-15(26-3)19(28-5)18(14)27-4/h6-7,10-11,13H,8-9,12H2,1-5H3. The molecule has 0 bridgehead atoms. The van der Waals surface area contributed by atoms with Gasteiger partial charge in [0.25, 0.3) is 5.91 Å². The van der Waals surface area contributed by atoms with E-state index in [-0.39, 0.29) is 12.0 Å². The number of amides is 1. The van der Waals surface area contributed by atoms with Crippen LogP contribution in [0, 0.1) is 0 Å². The number of nitrogens with zero attached hydrogens (tertiary/aromatic N) is 4. The number of carbonyl (C=O) groups excluding carboxylic acids is 1. The fourth-order valence-corrected chi connectivity index (χ4v) is 3.23. The molecule has 2 heterocycles. The number of anilines is 1. The van der Waals surface area contributed by atoms with E-state index in [1.807, 2.05) is 19.0 Å². The van der Waals surface area contributed by atoms with Gasteiger partial charge in [0.1, 0.15) is 6.10 Å². The summed E-state index contributed by atoms with van der Waals surface area (Å²) < 4.78 is 22.1. The zero-order chi connectivity index (χ0) is 21.0. The molecule has 9 heteroatoms. The number of hydrogen-bond donors (Lipinski definition) is 0. The van der Waals surface area contributed by atoms with Crippen LogP contribution >= 0.6 is 0 Å². The Morgan fingerprint density at radius 1 is 1.10 bits per heavy atom. The Morgan fingerprint density at radius 3 is 2.52 bits per heavy atom. The molecule has 2 aromatic rings. The van der Waals surface area contributed by atoms with Gasteiger partial charge in [0.05, 0.1) is 45.8 Å². The number of likely N-dealkylation sites (tertiary alicyclic amines) is 1. The summed E-state index contributed by atoms with van der Waals surface area (Å²) in [5.41, 5.74) is 0.417. The van der Waals surface area contributed by atoms with E-state index in [0.717, 1.165) is 0 Å². The van der Waals surface area contributed by atoms with Crippen LogP contribution in [0.4, 0.5) is 5.82 Å². The van der Waals surface area contributed by atoms with E-state index in [2.05, 4.69) is 9.97 Å². The number of methoxy groups -OCH3 is 3. The highest BCUT2D eigenvalue weighted by molar-refractivity contribution is 5.98. The number of ether oxygens (including phenoxy) is 4. The van der Waals surface area contributed by atoms with Crippen LogP contribution in [0.25, 0.3) is 0 Å². The highest BCUT2D eigenvalue weighted by Crippen LogP contribution is 2.40. The molecule has 0 spiro atoms. The lowest BCUT2D eigenvalue weighted by Crippen LogP contribution is -2.31. The highest BCUT2D eigenvalue weighted by Gasteiger charge is 2.31. The van der Waals surface area contributed by atoms with E-state index in [1.54, 1.807) is 29.4 Å². The quantitative estimate of drug-likeness (QED) is 0.694. The predicted octanol–water partition coefficient (Wildman–Crippen LogP) is 1.86. The van der Waals surface area contributed by atoms with Gasteiger partial charge in [-0.15, -0.1) is 0 Å². The first-order valence-electron chi connectivity index (χ1n) is 9.22. The lowest BCUT2D eigenvalue weighted by molar-refractivity contribution is 0.0767. The van der Waals surface area contributed by atoms with Crippen molar-refractivity contribution in [2.75, 3.05) is 53.4 Å². The second-order valence-corrected chi connectivity index (χ2v) is 6.77. The molecule has 156 valence electrons. The number of benzene rings is 1. The first kappa shape index (κ1) is 20.5. The Kier molecular flexibility index (Phi) is 6.26. The van der Waals surface area contributed by atoms with Crippen molar-refractivity contribution in [3.05, 3.63) is 30.1 Å². The molecule has 3 rings (SSSR count). The minimum absolute atomic E-state index is 0.151. The normalized spacial score (nSPS) is 15.8. The molecule has 1 fully saturated rings. The fourth-order valence-electron chi connectivity index (χ4n) is 3.23. The average molecular weight is 402 g/mol. The van der Waals surface area contributed by atoms with Gasteiger partial charge >= 0.3 is 0 Å². The van der Waals surface area contributed by atoms with Crippen LogP contribution in [0.1, 0.15) is 16.8 Å². The van der Waals surface area contributed by atoms with Gasteiger partial charge in [0.2, 0.25) is 11.6 Å². The third-order valence-corrected chi connectivity index (χ3v) is 4.71. The second-order valence-electron chi connectivity index (χ2n) is 6.77. The molecule has 1 unspecified atom stereocenters. The van der Waals surface area contributed by atoms with E-state index in [0.29, 0.717) is 54.0 Å². The summed E-state index contributed by atoms with van der Waals surface area (Å²) in [6.07, 6.45) is 3.79. The summed E-state index contributed by atoms with van der Waals surface area (Å²) in [5.74, 6) is 2.25. The number of carbonyl (C=O) groups is 1. The summed E-state index contributed by atoms with van der Waals surface area (Å²) >= 11 is 0. The van der Waals surface area contributed by atoms with Gasteiger partial charge in [-0.05, 0) is 12.1 Å². The van der Waals surface area contributed by atoms with Crippen LogP contribution in [0.3, 0.4) is 0 Å². The van der Waals surface area contributed by atoms with Gasteiger partial charge in [-0.25, -0.2) is 0 Å². The minimum Gasteiger partial charge on any atom is -0.493 e. The smallest absolute Gasteiger partial charge is 0.257 e. The molecular weight excluding hydrogens is 376 g/mol. The third kappa shape index (κ3) is 4.28. The Balaban J connectivity index is 1.73. The van der Waals surface area contributed by atoms with Gasteiger partial charge in [0.15, 0.2) is 17.3 Å². The molecule has 0 saturated carbocycles. The van der Waals surface area contributed by atoms with Crippen molar-refractivity contribution >= 4 is 11.7 Å². The molecule has 1 saturated heterocycles. The molecule has 1 aliphatic heterocycles. The summed E-state index contributed by atoms with van der Waals surface area (Å²) in [7, 11) is 8.33. The van der Waals surface area contributed by atoms with Crippen molar-refractivity contribution in [2.45, 2.75) is 12.5 Å². The van der Waals surface area contributed by atoms with E-state index in [1.165, 1.54) is 21.3 Å². The summed E-state index contributed by atoms with van der Waals surface area (Å²) in [5, 5.41) is 0. The molecule has 1 aromatic heterocycles. The van der Waals surface area contributed by atoms with Crippen LogP contribution in [0.2, 0.25) is 0 Å². The van der Waals surface area contributed by atoms with Gasteiger partial charge < -0.3 is 28.7 Å². The zero-order valence-corrected chi connectivity index (χ0v) is 17.3. The van der Waals surface area contributed by atoms with Crippen molar-refractivity contribution in [3.8, 4) is 23.1 Å². The molecule has 1 atom stereocenters. The van der Waals surface area contributed by atoms with Crippen LogP contribution in [0.5, 0.6) is 23.1 Å². The maximum atomic E-state index is 13.1. The number of aromatic nitrogens is 2. The van der Waals surface area contributed by atoms with Crippen LogP contribution in [-0.2, 0) is 0 Å². The summed E-state index contributed by atoms with van der Waals surface area (Å²) in [4.78, 5) is 25.3. The number of rotatable bonds is 7. The molecule has 9 nitrogen and oxygen atoms in total. The van der Waals surface area contributed by atoms with Gasteiger partial charge in [-0.3, -0.25) is 9.78 Å². The van der Waals surface area contributed by atoms with Crippen molar-refractivity contribution in [2.24, 2.45) is 0 Å². The van der Waals surface area contributed by atoms with E-state index >= 15 is 0 Å². The first-order chi connectivity index (χ1) is 14.0. The van der Waals surface area contributed by atoms with Crippen LogP contribution in [0.15, 0.2) is 24.5 Å². The monoisotopic (exact) mass is 402 g/mol. The fraction of sp³-hybridized carbons (Fsp3) is 0.450. The number of hydrogen-bond acceptors (Lipinski definition) is 8. The largest absolute Gasteiger partial charge is 0.493 e. The van der Waals surface area contributed by atoms with Crippen molar-refractivity contribution in [3.63, 3.8) is 0 Å². The summed E-state index contributed by atoms with van der Waals surface area (Å²) in [6.45, 7) is 1.02. The molecule has 0 N–H and O–H groups in total. The third-order valence-electron chi connectivity index (χ3n) is 4.71. The van der Waals surface area contributed by atoms with Crippen LogP contribution in [-0.4, -0.2) is 75.4 Å². The molecule has 1 aliphatic rings. The van der Waals surface area contributed by atoms with Crippen LogP contribution < -0.4 is 23.8 Å². The van der Waals surface area contributed by atoms with Crippen molar-refractivity contribution in [1.82, 2.24) is 14.9 Å². The lowest BCUT2D eigenvalue weighted by atomic mass is 10.1. The highest BCUT2D eigenvalue weighted by atomic mass is 16.5. The van der Waals surface area contributed by atoms with Gasteiger partial charge in [0, 0.05) is 27.1 Å². The lowest BCUT2D eigenvalue weighted by Gasteiger charge is -2.20. The van der Waals surface area contributed by atoms with Gasteiger partial charge in [-0.2, -0.15) is 4.98 Å². The molecule has 0 radical (unpaired) electrons. The van der Waals surface area contributed by atoms with E-state index < -0.39 is 0 Å². The Hall–Kier alpha value is -3.23. The Morgan fingerprint density at radius 2 is 1.86 bits per heavy atom. The summed E-state index contributed by atoms with van der Waals surface area (Å²) in [6, 6.07) is 3.38. The molecule has 29 heavy (non-hydrogen) atoms. The molecule has 0 aliphatic carbocycles. The van der Waals surface area contributed by atoms with E-state index in [9.17, 15) is 4.79 Å². The maximum absolute atomic E-state index is 13.1. The van der Waals surface area contributed by atoms with E-state index in [4.69, 9.17) is 18.9 Å². The van der Waals surface area contributed by atoms with Gasteiger partial charge in [-0.1, -0.05) is 0 Å². The Bertz CT molecular complexity index is 874. The van der Waals surface area contributed by atoms with Crippen molar-refractivity contribution < 1.29 is 23.7 Å². The average Bonchev–Trinajstić information content (AvgIpc) is 3.20. The first-order valence-corrected chi connectivity index (χ1v) is 9.22. The maximum Gasteiger partial charge on any atom is 0.257 e.